The van der Waals surface area contributed by atoms with Gasteiger partial charge in [0.1, 0.15) is 0 Å². The molecule has 15 heavy (non-hydrogen) atoms. The maximum Gasteiger partial charge on any atom is 0.422 e. The van der Waals surface area contributed by atoms with Crippen molar-refractivity contribution < 1.29 is 23.1 Å². The third-order valence-corrected chi connectivity index (χ3v) is 3.49. The van der Waals surface area contributed by atoms with Crippen LogP contribution in [0, 0.1) is 17.3 Å². The van der Waals surface area contributed by atoms with Crippen molar-refractivity contribution in [3.05, 3.63) is 10.6 Å². The molecule has 0 aromatic heterocycles. The van der Waals surface area contributed by atoms with Crippen LogP contribution in [0.5, 0.6) is 0 Å². The second kappa shape index (κ2) is 3.50. The molecule has 0 unspecified atom stereocenters. The van der Waals surface area contributed by atoms with E-state index in [4.69, 9.17) is 5.11 Å². The van der Waals surface area contributed by atoms with Crippen LogP contribution in [0.1, 0.15) is 13.8 Å². The predicted octanol–water partition coefficient (Wildman–Crippen LogP) is 3.18. The molecule has 0 aromatic rings. The zero-order valence-corrected chi connectivity index (χ0v) is 9.69. The van der Waals surface area contributed by atoms with Gasteiger partial charge in [-0.2, -0.15) is 13.2 Å². The summed E-state index contributed by atoms with van der Waals surface area (Å²) in [4.78, 5) is 10.7. The van der Waals surface area contributed by atoms with E-state index in [9.17, 15) is 18.0 Å². The van der Waals surface area contributed by atoms with E-state index < -0.39 is 33.9 Å². The van der Waals surface area contributed by atoms with Crippen molar-refractivity contribution in [2.45, 2.75) is 20.0 Å². The summed E-state index contributed by atoms with van der Waals surface area (Å²) < 4.78 is 35.6. The third-order valence-electron chi connectivity index (χ3n) is 2.77. The molecule has 1 N–H and O–H groups in total. The average molecular weight is 287 g/mol. The highest BCUT2D eigenvalue weighted by atomic mass is 79.9. The standard InChI is InChI=1S/C9H10BrF3O2/c1-8(2)4(6(8)7(14)15)3-5(10)9(11,12)13/h3-4,6H,1-2H3,(H,14,15)/t4-,6+/m1/s1. The van der Waals surface area contributed by atoms with Crippen molar-refractivity contribution in [1.29, 1.82) is 0 Å². The van der Waals surface area contributed by atoms with Gasteiger partial charge < -0.3 is 5.11 Å². The lowest BCUT2D eigenvalue weighted by Crippen LogP contribution is -2.07. The van der Waals surface area contributed by atoms with Crippen LogP contribution in [0.15, 0.2) is 10.6 Å². The number of carboxylic acids is 1. The van der Waals surface area contributed by atoms with Gasteiger partial charge in [-0.25, -0.2) is 0 Å². The maximum absolute atomic E-state index is 12.2. The van der Waals surface area contributed by atoms with Crippen LogP contribution in [0.4, 0.5) is 13.2 Å². The van der Waals surface area contributed by atoms with Crippen molar-refractivity contribution >= 4 is 21.9 Å². The first-order valence-electron chi connectivity index (χ1n) is 4.26. The van der Waals surface area contributed by atoms with Crippen molar-refractivity contribution in [2.24, 2.45) is 17.3 Å². The molecule has 0 spiro atoms. The normalized spacial score (nSPS) is 30.1. The summed E-state index contributed by atoms with van der Waals surface area (Å²) in [5.41, 5.74) is -0.601. The van der Waals surface area contributed by atoms with Gasteiger partial charge in [0.25, 0.3) is 0 Å². The van der Waals surface area contributed by atoms with E-state index in [1.54, 1.807) is 13.8 Å². The number of carbonyl (C=O) groups is 1. The van der Waals surface area contributed by atoms with E-state index in [1.165, 1.54) is 0 Å². The zero-order valence-electron chi connectivity index (χ0n) is 8.10. The molecule has 1 fully saturated rings. The molecule has 86 valence electrons. The fourth-order valence-electron chi connectivity index (χ4n) is 1.71. The van der Waals surface area contributed by atoms with Gasteiger partial charge in [-0.3, -0.25) is 4.79 Å². The molecule has 1 aliphatic rings. The molecule has 0 radical (unpaired) electrons. The number of carboxylic acid groups (broad SMARTS) is 1. The van der Waals surface area contributed by atoms with Gasteiger partial charge in [0, 0.05) is 0 Å². The van der Waals surface area contributed by atoms with E-state index in [1.807, 2.05) is 0 Å². The number of hydrogen-bond acceptors (Lipinski definition) is 1. The van der Waals surface area contributed by atoms with Crippen LogP contribution in [0.2, 0.25) is 0 Å². The number of hydrogen-bond donors (Lipinski definition) is 1. The smallest absolute Gasteiger partial charge is 0.422 e. The maximum atomic E-state index is 12.2. The molecule has 0 saturated heterocycles. The number of halogens is 4. The molecule has 1 aliphatic carbocycles. The molecular weight excluding hydrogens is 277 g/mol. The van der Waals surface area contributed by atoms with Crippen LogP contribution in [-0.4, -0.2) is 17.3 Å². The highest BCUT2D eigenvalue weighted by Crippen LogP contribution is 2.60. The fraction of sp³-hybridized carbons (Fsp3) is 0.667. The third kappa shape index (κ3) is 2.35. The van der Waals surface area contributed by atoms with Crippen molar-refractivity contribution in [3.63, 3.8) is 0 Å². The van der Waals surface area contributed by atoms with Gasteiger partial charge in [0.05, 0.1) is 10.4 Å². The monoisotopic (exact) mass is 286 g/mol. The second-order valence-corrected chi connectivity index (χ2v) is 5.03. The van der Waals surface area contributed by atoms with E-state index in [2.05, 4.69) is 15.9 Å². The SMILES string of the molecule is CC1(C)[C@H](C=C(Br)C(F)(F)F)[C@H]1C(=O)O. The number of allylic oxidation sites excluding steroid dienone is 2. The van der Waals surface area contributed by atoms with E-state index in [0.717, 1.165) is 6.08 Å². The summed E-state index contributed by atoms with van der Waals surface area (Å²) in [7, 11) is 0. The number of rotatable bonds is 2. The Hall–Kier alpha value is -0.520. The Kier molecular flexibility index (Phi) is 2.93. The summed E-state index contributed by atoms with van der Waals surface area (Å²) in [6.45, 7) is 3.28. The van der Waals surface area contributed by atoms with Crippen molar-refractivity contribution in [3.8, 4) is 0 Å². The van der Waals surface area contributed by atoms with Crippen molar-refractivity contribution in [1.82, 2.24) is 0 Å². The number of alkyl halides is 3. The predicted molar refractivity (Wildman–Crippen MR) is 51.5 cm³/mol. The molecule has 0 amide bonds. The summed E-state index contributed by atoms with van der Waals surface area (Å²) in [5, 5.41) is 8.75. The fourth-order valence-corrected chi connectivity index (χ4v) is 2.00. The zero-order chi connectivity index (χ0) is 12.0. The second-order valence-electron chi connectivity index (χ2n) is 4.18. The Morgan fingerprint density at radius 1 is 1.47 bits per heavy atom. The molecule has 0 aliphatic heterocycles. The van der Waals surface area contributed by atoms with Gasteiger partial charge in [0.2, 0.25) is 0 Å². The highest BCUT2D eigenvalue weighted by Gasteiger charge is 2.61. The highest BCUT2D eigenvalue weighted by molar-refractivity contribution is 9.11. The number of aliphatic carboxylic acids is 1. The summed E-state index contributed by atoms with van der Waals surface area (Å²) in [6, 6.07) is 0. The lowest BCUT2D eigenvalue weighted by atomic mass is 10.1. The topological polar surface area (TPSA) is 37.3 Å². The molecule has 2 atom stereocenters. The first-order chi connectivity index (χ1) is 6.58. The van der Waals surface area contributed by atoms with Crippen LogP contribution < -0.4 is 0 Å². The van der Waals surface area contributed by atoms with E-state index in [0.29, 0.717) is 0 Å². The van der Waals surface area contributed by atoms with Gasteiger partial charge in [-0.15, -0.1) is 0 Å². The van der Waals surface area contributed by atoms with Crippen LogP contribution in [0.3, 0.4) is 0 Å². The quantitative estimate of drug-likeness (QED) is 0.847. The van der Waals surface area contributed by atoms with Gasteiger partial charge in [-0.1, -0.05) is 19.9 Å². The van der Waals surface area contributed by atoms with Gasteiger partial charge >= 0.3 is 12.1 Å². The van der Waals surface area contributed by atoms with Gasteiger partial charge in [-0.05, 0) is 27.3 Å². The molecule has 1 saturated carbocycles. The minimum Gasteiger partial charge on any atom is -0.481 e. The van der Waals surface area contributed by atoms with E-state index in [-0.39, 0.29) is 0 Å². The Balaban J connectivity index is 2.83. The van der Waals surface area contributed by atoms with Crippen LogP contribution in [-0.2, 0) is 4.79 Å². The molecule has 1 rings (SSSR count). The van der Waals surface area contributed by atoms with Gasteiger partial charge in [0.15, 0.2) is 0 Å². The van der Waals surface area contributed by atoms with E-state index >= 15 is 0 Å². The lowest BCUT2D eigenvalue weighted by Gasteiger charge is -2.04. The first kappa shape index (κ1) is 12.5. The lowest BCUT2D eigenvalue weighted by molar-refractivity contribution is -0.139. The summed E-state index contributed by atoms with van der Waals surface area (Å²) in [5.74, 6) is -2.35. The first-order valence-corrected chi connectivity index (χ1v) is 5.05. The molecule has 2 nitrogen and oxygen atoms in total. The minimum absolute atomic E-state index is 0.564. The molecule has 0 aromatic carbocycles. The molecule has 0 bridgehead atoms. The summed E-state index contributed by atoms with van der Waals surface area (Å²) in [6.07, 6.45) is -3.50. The van der Waals surface area contributed by atoms with Crippen LogP contribution >= 0.6 is 15.9 Å². The molecule has 0 heterocycles. The summed E-state index contributed by atoms with van der Waals surface area (Å²) >= 11 is 2.41. The Labute approximate surface area is 93.3 Å². The Morgan fingerprint density at radius 2 is 1.93 bits per heavy atom. The molecule has 6 heteroatoms. The molecular formula is C9H10BrF3O2. The Bertz CT molecular complexity index is 320. The average Bonchev–Trinajstić information content (AvgIpc) is 2.50. The largest absolute Gasteiger partial charge is 0.481 e. The minimum atomic E-state index is -4.44. The van der Waals surface area contributed by atoms with Crippen LogP contribution in [0.25, 0.3) is 0 Å². The van der Waals surface area contributed by atoms with Crippen molar-refractivity contribution in [2.75, 3.05) is 0 Å². The Morgan fingerprint density at radius 3 is 2.20 bits per heavy atom.